The third-order valence-electron chi connectivity index (χ3n) is 3.50. The van der Waals surface area contributed by atoms with Gasteiger partial charge >= 0.3 is 5.97 Å². The van der Waals surface area contributed by atoms with Crippen LogP contribution in [0.1, 0.15) is 29.1 Å². The lowest BCUT2D eigenvalue weighted by Gasteiger charge is -2.13. The van der Waals surface area contributed by atoms with E-state index >= 15 is 0 Å². The normalized spacial score (nSPS) is 13.3. The maximum absolute atomic E-state index is 12.4. The molecule has 0 aliphatic rings. The molecule has 0 saturated carbocycles. The molecule has 2 heterocycles. The second-order valence-electron chi connectivity index (χ2n) is 5.01. The van der Waals surface area contributed by atoms with Gasteiger partial charge in [-0.25, -0.2) is 4.79 Å². The number of hydrogen-bond acceptors (Lipinski definition) is 4. The Morgan fingerprint density at radius 1 is 1.25 bits per heavy atom. The lowest BCUT2D eigenvalue weighted by molar-refractivity contribution is -0.140. The van der Waals surface area contributed by atoms with Crippen LogP contribution in [0.25, 0.3) is 10.2 Å². The molecule has 1 amide bonds. The smallest absolute Gasteiger partial charge is 0.326 e. The first-order valence-corrected chi connectivity index (χ1v) is 9.61. The van der Waals surface area contributed by atoms with Gasteiger partial charge in [-0.2, -0.15) is 4.99 Å². The molecule has 1 aromatic carbocycles. The van der Waals surface area contributed by atoms with E-state index in [4.69, 9.17) is 0 Å². The average Bonchev–Trinajstić information content (AvgIpc) is 3.12. The number of rotatable bonds is 4. The molecule has 0 bridgehead atoms. The summed E-state index contributed by atoms with van der Waals surface area (Å²) in [6.45, 7) is 1.81. The standard InChI is InChI=1S/C16H13BrN2O3S2/c1-2-9(15(21)22)19-10-5-3-4-6-11(10)24-16(19)18-14(20)12-7-8-13(17)23-12/h3-9H,2H2,1H3,(H,21,22)/b18-16+. The number of hydrogen-bond donors (Lipinski definition) is 1. The monoisotopic (exact) mass is 424 g/mol. The number of benzene rings is 1. The molecule has 5 nitrogen and oxygen atoms in total. The van der Waals surface area contributed by atoms with Gasteiger partial charge in [0.25, 0.3) is 5.91 Å². The Morgan fingerprint density at radius 2 is 2.00 bits per heavy atom. The predicted molar refractivity (Wildman–Crippen MR) is 98.7 cm³/mol. The molecular formula is C16H13BrN2O3S2. The summed E-state index contributed by atoms with van der Waals surface area (Å²) in [5, 5.41) is 9.54. The molecule has 2 aromatic heterocycles. The van der Waals surface area contributed by atoms with Crippen molar-refractivity contribution in [2.75, 3.05) is 0 Å². The molecule has 1 N–H and O–H groups in total. The van der Waals surface area contributed by atoms with Crippen LogP contribution in [0.4, 0.5) is 0 Å². The predicted octanol–water partition coefficient (Wildman–Crippen LogP) is 4.30. The van der Waals surface area contributed by atoms with Crippen LogP contribution in [0.15, 0.2) is 45.2 Å². The van der Waals surface area contributed by atoms with Gasteiger partial charge in [-0.15, -0.1) is 11.3 Å². The van der Waals surface area contributed by atoms with E-state index in [1.54, 1.807) is 23.6 Å². The molecule has 24 heavy (non-hydrogen) atoms. The van der Waals surface area contributed by atoms with Crippen LogP contribution in [0.5, 0.6) is 0 Å². The molecule has 0 saturated heterocycles. The van der Waals surface area contributed by atoms with Crippen LogP contribution >= 0.6 is 38.6 Å². The number of carbonyl (C=O) groups is 2. The highest BCUT2D eigenvalue weighted by molar-refractivity contribution is 9.11. The highest BCUT2D eigenvalue weighted by atomic mass is 79.9. The Kier molecular flexibility index (Phi) is 4.98. The van der Waals surface area contributed by atoms with Gasteiger partial charge in [0.05, 0.1) is 18.9 Å². The zero-order chi connectivity index (χ0) is 17.3. The average molecular weight is 425 g/mol. The summed E-state index contributed by atoms with van der Waals surface area (Å²) in [5.74, 6) is -1.31. The molecule has 0 aliphatic carbocycles. The number of halogens is 1. The summed E-state index contributed by atoms with van der Waals surface area (Å²) in [6, 6.07) is 10.2. The first-order chi connectivity index (χ1) is 11.5. The largest absolute Gasteiger partial charge is 0.480 e. The van der Waals surface area contributed by atoms with E-state index in [0.29, 0.717) is 16.1 Å². The molecule has 124 valence electrons. The minimum atomic E-state index is -0.936. The minimum Gasteiger partial charge on any atom is -0.480 e. The Morgan fingerprint density at radius 3 is 2.62 bits per heavy atom. The SMILES string of the molecule is CCC(C(=O)O)n1/c(=N\C(=O)c2ccc(Br)s2)sc2ccccc21. The number of fused-ring (bicyclic) bond motifs is 1. The third-order valence-corrected chi connectivity index (χ3v) is 6.14. The summed E-state index contributed by atoms with van der Waals surface area (Å²) in [7, 11) is 0. The number of carboxylic acids is 1. The maximum Gasteiger partial charge on any atom is 0.326 e. The van der Waals surface area contributed by atoms with E-state index in [1.165, 1.54) is 22.7 Å². The molecule has 3 rings (SSSR count). The Labute approximate surface area is 154 Å². The third kappa shape index (κ3) is 3.22. The van der Waals surface area contributed by atoms with Crippen molar-refractivity contribution in [3.05, 3.63) is 49.9 Å². The molecule has 3 aromatic rings. The number of carbonyl (C=O) groups excluding carboxylic acids is 1. The Balaban J connectivity index is 2.21. The van der Waals surface area contributed by atoms with Gasteiger partial charge in [0.15, 0.2) is 4.80 Å². The second kappa shape index (κ2) is 7.00. The summed E-state index contributed by atoms with van der Waals surface area (Å²) >= 11 is 5.95. The van der Waals surface area contributed by atoms with E-state index in [0.717, 1.165) is 14.0 Å². The first-order valence-electron chi connectivity index (χ1n) is 7.18. The zero-order valence-electron chi connectivity index (χ0n) is 12.6. The maximum atomic E-state index is 12.4. The van der Waals surface area contributed by atoms with Crippen molar-refractivity contribution < 1.29 is 14.7 Å². The lowest BCUT2D eigenvalue weighted by atomic mass is 10.2. The van der Waals surface area contributed by atoms with E-state index in [1.807, 2.05) is 24.3 Å². The Hall–Kier alpha value is -1.77. The summed E-state index contributed by atoms with van der Waals surface area (Å²) in [5.41, 5.74) is 0.774. The fourth-order valence-corrected chi connectivity index (χ4v) is 4.75. The van der Waals surface area contributed by atoms with Crippen molar-refractivity contribution in [2.45, 2.75) is 19.4 Å². The van der Waals surface area contributed by atoms with Gasteiger partial charge in [0.1, 0.15) is 6.04 Å². The van der Waals surface area contributed by atoms with Crippen molar-refractivity contribution in [3.8, 4) is 0 Å². The number of thiophene rings is 1. The topological polar surface area (TPSA) is 71.7 Å². The molecule has 8 heteroatoms. The fraction of sp³-hybridized carbons (Fsp3) is 0.188. The molecule has 0 radical (unpaired) electrons. The molecular weight excluding hydrogens is 412 g/mol. The van der Waals surface area contributed by atoms with Gasteiger partial charge in [-0.3, -0.25) is 4.79 Å². The van der Waals surface area contributed by atoms with Crippen molar-refractivity contribution >= 4 is 60.7 Å². The highest BCUT2D eigenvalue weighted by Gasteiger charge is 2.22. The van der Waals surface area contributed by atoms with Crippen LogP contribution in [-0.2, 0) is 4.79 Å². The number of thiazole rings is 1. The van der Waals surface area contributed by atoms with Crippen LogP contribution < -0.4 is 4.80 Å². The Bertz CT molecular complexity index is 987. The van der Waals surface area contributed by atoms with Crippen LogP contribution in [0.3, 0.4) is 0 Å². The fourth-order valence-electron chi connectivity index (χ4n) is 2.41. The van der Waals surface area contributed by atoms with E-state index in [9.17, 15) is 14.7 Å². The first kappa shape index (κ1) is 17.1. The van der Waals surface area contributed by atoms with Gasteiger partial charge in [-0.05, 0) is 46.6 Å². The van der Waals surface area contributed by atoms with Crippen molar-refractivity contribution in [1.29, 1.82) is 0 Å². The summed E-state index contributed by atoms with van der Waals surface area (Å²) in [6.07, 6.45) is 0.405. The molecule has 0 aliphatic heterocycles. The number of nitrogens with zero attached hydrogens (tertiary/aromatic N) is 2. The van der Waals surface area contributed by atoms with Gasteiger partial charge in [0.2, 0.25) is 0 Å². The van der Waals surface area contributed by atoms with Crippen LogP contribution in [0.2, 0.25) is 0 Å². The lowest BCUT2D eigenvalue weighted by Crippen LogP contribution is -2.27. The van der Waals surface area contributed by atoms with Gasteiger partial charge in [-0.1, -0.05) is 30.4 Å². The van der Waals surface area contributed by atoms with Gasteiger partial charge in [0, 0.05) is 0 Å². The zero-order valence-corrected chi connectivity index (χ0v) is 15.8. The number of aliphatic carboxylic acids is 1. The number of para-hydroxylation sites is 1. The number of aromatic nitrogens is 1. The second-order valence-corrected chi connectivity index (χ2v) is 8.48. The molecule has 1 unspecified atom stereocenters. The number of carboxylic acid groups (broad SMARTS) is 1. The van der Waals surface area contributed by atoms with Crippen LogP contribution in [0, 0.1) is 0 Å². The molecule has 1 atom stereocenters. The van der Waals surface area contributed by atoms with E-state index < -0.39 is 12.0 Å². The molecule has 0 fully saturated rings. The van der Waals surface area contributed by atoms with Gasteiger partial charge < -0.3 is 9.67 Å². The quantitative estimate of drug-likeness (QED) is 0.678. The summed E-state index contributed by atoms with van der Waals surface area (Å²) in [4.78, 5) is 29.2. The van der Waals surface area contributed by atoms with Crippen LogP contribution in [-0.4, -0.2) is 21.6 Å². The minimum absolute atomic E-state index is 0.369. The van der Waals surface area contributed by atoms with E-state index in [2.05, 4.69) is 20.9 Å². The van der Waals surface area contributed by atoms with Crippen molar-refractivity contribution in [2.24, 2.45) is 4.99 Å². The summed E-state index contributed by atoms with van der Waals surface area (Å²) < 4.78 is 3.39. The number of amides is 1. The molecule has 0 spiro atoms. The van der Waals surface area contributed by atoms with Crippen molar-refractivity contribution in [1.82, 2.24) is 4.57 Å². The van der Waals surface area contributed by atoms with Crippen molar-refractivity contribution in [3.63, 3.8) is 0 Å². The highest BCUT2D eigenvalue weighted by Crippen LogP contribution is 2.24. The van der Waals surface area contributed by atoms with E-state index in [-0.39, 0.29) is 5.91 Å².